The standard InChI is InChI=1S/C14H17NO3/c1-14(2,10-15)6-7-18-13-8-12(17-3)5-4-11(13)9-16/h4-5,8-9H,6-7H2,1-3H3. The van der Waals surface area contributed by atoms with E-state index in [2.05, 4.69) is 6.07 Å². The van der Waals surface area contributed by atoms with Crippen molar-refractivity contribution >= 4 is 6.29 Å². The van der Waals surface area contributed by atoms with Gasteiger partial charge in [-0.05, 0) is 32.4 Å². The normalized spacial score (nSPS) is 10.6. The molecule has 0 bridgehead atoms. The zero-order valence-electron chi connectivity index (χ0n) is 10.9. The van der Waals surface area contributed by atoms with Crippen molar-refractivity contribution < 1.29 is 14.3 Å². The van der Waals surface area contributed by atoms with E-state index in [1.165, 1.54) is 0 Å². The van der Waals surface area contributed by atoms with E-state index in [9.17, 15) is 4.79 Å². The molecule has 0 aliphatic carbocycles. The molecule has 96 valence electrons. The number of aldehydes is 1. The molecule has 0 atom stereocenters. The Kier molecular flexibility index (Phi) is 4.73. The highest BCUT2D eigenvalue weighted by Gasteiger charge is 2.16. The molecule has 0 aliphatic rings. The summed E-state index contributed by atoms with van der Waals surface area (Å²) in [6.45, 7) is 4.08. The maximum Gasteiger partial charge on any atom is 0.153 e. The molecular weight excluding hydrogens is 230 g/mol. The lowest BCUT2D eigenvalue weighted by atomic mass is 9.92. The minimum Gasteiger partial charge on any atom is -0.497 e. The van der Waals surface area contributed by atoms with E-state index in [4.69, 9.17) is 14.7 Å². The van der Waals surface area contributed by atoms with Gasteiger partial charge in [-0.3, -0.25) is 4.79 Å². The molecule has 0 aromatic heterocycles. The Balaban J connectivity index is 2.72. The summed E-state index contributed by atoms with van der Waals surface area (Å²) in [6.07, 6.45) is 1.34. The van der Waals surface area contributed by atoms with Crippen LogP contribution in [0.15, 0.2) is 18.2 Å². The van der Waals surface area contributed by atoms with E-state index in [1.54, 1.807) is 25.3 Å². The maximum atomic E-state index is 10.9. The van der Waals surface area contributed by atoms with E-state index >= 15 is 0 Å². The molecule has 4 nitrogen and oxygen atoms in total. The predicted octanol–water partition coefficient (Wildman–Crippen LogP) is 2.83. The lowest BCUT2D eigenvalue weighted by Gasteiger charge is -2.16. The van der Waals surface area contributed by atoms with Crippen LogP contribution in [0.1, 0.15) is 30.6 Å². The van der Waals surface area contributed by atoms with Crippen molar-refractivity contribution in [2.45, 2.75) is 20.3 Å². The molecule has 1 rings (SSSR count). The summed E-state index contributed by atoms with van der Waals surface area (Å²) >= 11 is 0. The molecule has 0 amide bonds. The Bertz CT molecular complexity index is 461. The van der Waals surface area contributed by atoms with Crippen LogP contribution in [0.3, 0.4) is 0 Å². The van der Waals surface area contributed by atoms with Crippen molar-refractivity contribution in [3.8, 4) is 17.6 Å². The van der Waals surface area contributed by atoms with Crippen LogP contribution in [0.2, 0.25) is 0 Å². The zero-order valence-corrected chi connectivity index (χ0v) is 10.9. The Morgan fingerprint density at radius 1 is 1.44 bits per heavy atom. The van der Waals surface area contributed by atoms with Gasteiger partial charge in [-0.25, -0.2) is 0 Å². The van der Waals surface area contributed by atoms with Crippen molar-refractivity contribution in [1.82, 2.24) is 0 Å². The number of carbonyl (C=O) groups is 1. The zero-order chi connectivity index (χ0) is 13.6. The van der Waals surface area contributed by atoms with E-state index in [-0.39, 0.29) is 0 Å². The number of carbonyl (C=O) groups excluding carboxylic acids is 1. The van der Waals surface area contributed by atoms with Gasteiger partial charge in [-0.1, -0.05) is 0 Å². The third-order valence-corrected chi connectivity index (χ3v) is 2.63. The van der Waals surface area contributed by atoms with Gasteiger partial charge >= 0.3 is 0 Å². The summed E-state index contributed by atoms with van der Waals surface area (Å²) < 4.78 is 10.6. The number of methoxy groups -OCH3 is 1. The van der Waals surface area contributed by atoms with Gasteiger partial charge in [-0.15, -0.1) is 0 Å². The maximum absolute atomic E-state index is 10.9. The number of rotatable bonds is 6. The average Bonchev–Trinajstić information content (AvgIpc) is 2.38. The van der Waals surface area contributed by atoms with Crippen LogP contribution in [0.4, 0.5) is 0 Å². The second-order valence-corrected chi connectivity index (χ2v) is 4.62. The molecule has 0 fully saturated rings. The minimum absolute atomic E-state index is 0.383. The number of hydrogen-bond donors (Lipinski definition) is 0. The number of benzene rings is 1. The van der Waals surface area contributed by atoms with Crippen molar-refractivity contribution in [2.75, 3.05) is 13.7 Å². The summed E-state index contributed by atoms with van der Waals surface area (Å²) in [5.74, 6) is 1.12. The van der Waals surface area contributed by atoms with E-state index in [0.29, 0.717) is 30.1 Å². The Labute approximate surface area is 107 Å². The van der Waals surface area contributed by atoms with Gasteiger partial charge in [0.05, 0.1) is 30.8 Å². The molecule has 0 spiro atoms. The largest absolute Gasteiger partial charge is 0.497 e. The van der Waals surface area contributed by atoms with Crippen LogP contribution < -0.4 is 9.47 Å². The summed E-state index contributed by atoms with van der Waals surface area (Å²) in [5, 5.41) is 8.89. The van der Waals surface area contributed by atoms with E-state index < -0.39 is 5.41 Å². The molecule has 0 saturated carbocycles. The molecule has 0 unspecified atom stereocenters. The molecule has 4 heteroatoms. The van der Waals surface area contributed by atoms with Crippen molar-refractivity contribution in [3.63, 3.8) is 0 Å². The van der Waals surface area contributed by atoms with Gasteiger partial charge in [0.25, 0.3) is 0 Å². The van der Waals surface area contributed by atoms with Crippen molar-refractivity contribution in [1.29, 1.82) is 5.26 Å². The predicted molar refractivity (Wildman–Crippen MR) is 67.9 cm³/mol. The quantitative estimate of drug-likeness (QED) is 0.725. The van der Waals surface area contributed by atoms with Gasteiger partial charge < -0.3 is 9.47 Å². The molecule has 0 aliphatic heterocycles. The summed E-state index contributed by atoms with van der Waals surface area (Å²) in [5.41, 5.74) is 0.0470. The summed E-state index contributed by atoms with van der Waals surface area (Å²) in [7, 11) is 1.55. The highest BCUT2D eigenvalue weighted by Crippen LogP contribution is 2.25. The van der Waals surface area contributed by atoms with Gasteiger partial charge in [0.1, 0.15) is 11.5 Å². The van der Waals surface area contributed by atoms with Crippen LogP contribution in [-0.2, 0) is 0 Å². The average molecular weight is 247 g/mol. The van der Waals surface area contributed by atoms with Crippen LogP contribution in [0, 0.1) is 16.7 Å². The first kappa shape index (κ1) is 14.0. The lowest BCUT2D eigenvalue weighted by molar-refractivity contribution is 0.111. The fourth-order valence-electron chi connectivity index (χ4n) is 1.34. The summed E-state index contributed by atoms with van der Waals surface area (Å²) in [6, 6.07) is 7.23. The molecule has 18 heavy (non-hydrogen) atoms. The van der Waals surface area contributed by atoms with Crippen molar-refractivity contribution in [2.24, 2.45) is 5.41 Å². The lowest BCUT2D eigenvalue weighted by Crippen LogP contribution is -2.13. The third kappa shape index (κ3) is 3.77. The van der Waals surface area contributed by atoms with Crippen LogP contribution >= 0.6 is 0 Å². The first-order valence-corrected chi connectivity index (χ1v) is 5.69. The first-order valence-electron chi connectivity index (χ1n) is 5.69. The van der Waals surface area contributed by atoms with Gasteiger partial charge in [0.2, 0.25) is 0 Å². The van der Waals surface area contributed by atoms with Crippen LogP contribution in [0.25, 0.3) is 0 Å². The van der Waals surface area contributed by atoms with Crippen LogP contribution in [-0.4, -0.2) is 20.0 Å². The molecule has 0 heterocycles. The van der Waals surface area contributed by atoms with Crippen LogP contribution in [0.5, 0.6) is 11.5 Å². The van der Waals surface area contributed by atoms with Gasteiger partial charge in [-0.2, -0.15) is 5.26 Å². The molecule has 0 N–H and O–H groups in total. The minimum atomic E-state index is -0.430. The second-order valence-electron chi connectivity index (χ2n) is 4.62. The molecule has 1 aromatic carbocycles. The molecular formula is C14H17NO3. The number of hydrogen-bond acceptors (Lipinski definition) is 4. The van der Waals surface area contributed by atoms with E-state index in [1.807, 2.05) is 13.8 Å². The van der Waals surface area contributed by atoms with Gasteiger partial charge in [0, 0.05) is 6.07 Å². The SMILES string of the molecule is COc1ccc(C=O)c(OCCC(C)(C)C#N)c1. The van der Waals surface area contributed by atoms with Gasteiger partial charge in [0.15, 0.2) is 6.29 Å². The van der Waals surface area contributed by atoms with E-state index in [0.717, 1.165) is 6.29 Å². The fraction of sp³-hybridized carbons (Fsp3) is 0.429. The number of nitrogens with zero attached hydrogens (tertiary/aromatic N) is 1. The Hall–Kier alpha value is -2.02. The molecule has 0 saturated heterocycles. The molecule has 1 aromatic rings. The highest BCUT2D eigenvalue weighted by molar-refractivity contribution is 5.79. The van der Waals surface area contributed by atoms with Crippen molar-refractivity contribution in [3.05, 3.63) is 23.8 Å². The summed E-state index contributed by atoms with van der Waals surface area (Å²) in [4.78, 5) is 10.9. The third-order valence-electron chi connectivity index (χ3n) is 2.63. The number of ether oxygens (including phenoxy) is 2. The number of nitriles is 1. The first-order chi connectivity index (χ1) is 8.52. The highest BCUT2D eigenvalue weighted by atomic mass is 16.5. The Morgan fingerprint density at radius 3 is 2.72 bits per heavy atom. The fourth-order valence-corrected chi connectivity index (χ4v) is 1.34. The molecule has 0 radical (unpaired) electrons. The second kappa shape index (κ2) is 6.06. The Morgan fingerprint density at radius 2 is 2.17 bits per heavy atom. The topological polar surface area (TPSA) is 59.3 Å². The smallest absolute Gasteiger partial charge is 0.153 e. The monoisotopic (exact) mass is 247 g/mol.